The second kappa shape index (κ2) is 4.42. The molecule has 0 fully saturated rings. The van der Waals surface area contributed by atoms with E-state index in [9.17, 15) is 9.59 Å². The molecule has 2 N–H and O–H groups in total. The van der Waals surface area contributed by atoms with Crippen LogP contribution in [0.2, 0.25) is 0 Å². The Bertz CT molecular complexity index is 855. The van der Waals surface area contributed by atoms with Crippen LogP contribution in [0.15, 0.2) is 48.2 Å². The average molecular weight is 388 g/mol. The van der Waals surface area contributed by atoms with Crippen LogP contribution >= 0.6 is 22.6 Å². The highest BCUT2D eigenvalue weighted by molar-refractivity contribution is 14.1. The summed E-state index contributed by atoms with van der Waals surface area (Å²) in [6.07, 6.45) is 0. The standard InChI is InChI=1S/C16H9IN2O2/c17-10-6-3-5-9-12(16(21)19-13(9)10)14-15(20)8-4-1-2-7-11(8)18-14/h1-7,18H,(H,19,21)/b14-12-. The number of halogens is 1. The Hall–Kier alpha value is -2.15. The van der Waals surface area contributed by atoms with E-state index in [-0.39, 0.29) is 11.7 Å². The molecule has 2 aliphatic heterocycles. The zero-order valence-corrected chi connectivity index (χ0v) is 12.9. The molecule has 2 heterocycles. The van der Waals surface area contributed by atoms with Gasteiger partial charge in [0.15, 0.2) is 0 Å². The molecule has 1 amide bonds. The first kappa shape index (κ1) is 12.6. The first-order chi connectivity index (χ1) is 10.2. The highest BCUT2D eigenvalue weighted by atomic mass is 127. The lowest BCUT2D eigenvalue weighted by Crippen LogP contribution is -2.11. The predicted molar refractivity (Wildman–Crippen MR) is 89.1 cm³/mol. The number of rotatable bonds is 0. The number of Topliss-reactive ketones (excluding diaryl/α,β-unsaturated/α-hetero) is 1. The minimum atomic E-state index is -0.238. The third kappa shape index (κ3) is 1.73. The van der Waals surface area contributed by atoms with Crippen molar-refractivity contribution in [3.63, 3.8) is 0 Å². The maximum atomic E-state index is 12.5. The molecule has 102 valence electrons. The second-order valence-corrected chi connectivity index (χ2v) is 6.03. The fourth-order valence-corrected chi connectivity index (χ4v) is 3.33. The highest BCUT2D eigenvalue weighted by Gasteiger charge is 2.35. The number of hydrogen-bond acceptors (Lipinski definition) is 3. The molecular weight excluding hydrogens is 379 g/mol. The number of benzene rings is 2. The highest BCUT2D eigenvalue weighted by Crippen LogP contribution is 2.40. The molecule has 2 aromatic carbocycles. The summed E-state index contributed by atoms with van der Waals surface area (Å²) >= 11 is 2.17. The minimum Gasteiger partial charge on any atom is -0.351 e. The van der Waals surface area contributed by atoms with Gasteiger partial charge in [-0.3, -0.25) is 9.59 Å². The second-order valence-electron chi connectivity index (χ2n) is 4.87. The predicted octanol–water partition coefficient (Wildman–Crippen LogP) is 3.26. The molecule has 5 heteroatoms. The lowest BCUT2D eigenvalue weighted by Gasteiger charge is -2.03. The van der Waals surface area contributed by atoms with Crippen LogP contribution in [0.4, 0.5) is 11.4 Å². The van der Waals surface area contributed by atoms with Gasteiger partial charge in [0.1, 0.15) is 5.70 Å². The van der Waals surface area contributed by atoms with Crippen LogP contribution in [0.3, 0.4) is 0 Å². The number of ketones is 1. The molecule has 0 spiro atoms. The fourth-order valence-electron chi connectivity index (χ4n) is 2.70. The zero-order chi connectivity index (χ0) is 14.6. The van der Waals surface area contributed by atoms with Crippen molar-refractivity contribution >= 4 is 51.2 Å². The number of carbonyl (C=O) groups is 2. The van der Waals surface area contributed by atoms with Crippen molar-refractivity contribution in [3.05, 3.63) is 62.9 Å². The van der Waals surface area contributed by atoms with E-state index in [1.807, 2.05) is 36.4 Å². The smallest absolute Gasteiger partial charge is 0.258 e. The van der Waals surface area contributed by atoms with Crippen molar-refractivity contribution in [2.45, 2.75) is 0 Å². The Morgan fingerprint density at radius 1 is 0.857 bits per heavy atom. The van der Waals surface area contributed by atoms with Gasteiger partial charge in [-0.1, -0.05) is 24.3 Å². The van der Waals surface area contributed by atoms with Crippen molar-refractivity contribution in [2.24, 2.45) is 0 Å². The molecule has 0 bridgehead atoms. The van der Waals surface area contributed by atoms with Gasteiger partial charge in [-0.25, -0.2) is 0 Å². The van der Waals surface area contributed by atoms with Gasteiger partial charge in [-0.05, 0) is 40.8 Å². The van der Waals surface area contributed by atoms with Crippen LogP contribution in [0.25, 0.3) is 5.57 Å². The molecule has 4 rings (SSSR count). The molecular formula is C16H9IN2O2. The molecule has 0 aliphatic carbocycles. The van der Waals surface area contributed by atoms with Gasteiger partial charge in [-0.2, -0.15) is 0 Å². The molecule has 0 atom stereocenters. The zero-order valence-electron chi connectivity index (χ0n) is 10.7. The van der Waals surface area contributed by atoms with Gasteiger partial charge in [0.2, 0.25) is 5.78 Å². The third-order valence-electron chi connectivity index (χ3n) is 3.66. The Balaban J connectivity index is 1.95. The van der Waals surface area contributed by atoms with Gasteiger partial charge in [0, 0.05) is 20.4 Å². The number of allylic oxidation sites excluding steroid dienone is 1. The van der Waals surface area contributed by atoms with E-state index in [1.165, 1.54) is 0 Å². The van der Waals surface area contributed by atoms with Crippen LogP contribution in [-0.2, 0) is 4.79 Å². The first-order valence-corrected chi connectivity index (χ1v) is 7.50. The molecule has 0 radical (unpaired) electrons. The van der Waals surface area contributed by atoms with Crippen molar-refractivity contribution in [1.82, 2.24) is 0 Å². The summed E-state index contributed by atoms with van der Waals surface area (Å²) < 4.78 is 0.956. The normalized spacial score (nSPS) is 19.1. The van der Waals surface area contributed by atoms with Gasteiger partial charge in [0.05, 0.1) is 11.3 Å². The number of fused-ring (bicyclic) bond motifs is 2. The van der Waals surface area contributed by atoms with Crippen LogP contribution in [0, 0.1) is 3.57 Å². The summed E-state index contributed by atoms with van der Waals surface area (Å²) in [6.45, 7) is 0. The fraction of sp³-hybridized carbons (Fsp3) is 0. The maximum Gasteiger partial charge on any atom is 0.258 e. The summed E-state index contributed by atoms with van der Waals surface area (Å²) in [6, 6.07) is 12.9. The lowest BCUT2D eigenvalue weighted by atomic mass is 10.0. The van der Waals surface area contributed by atoms with E-state index in [0.717, 1.165) is 20.5 Å². The summed E-state index contributed by atoms with van der Waals surface area (Å²) in [5.74, 6) is -0.375. The third-order valence-corrected chi connectivity index (χ3v) is 4.56. The van der Waals surface area contributed by atoms with E-state index >= 15 is 0 Å². The Kier molecular flexibility index (Phi) is 2.65. The Morgan fingerprint density at radius 2 is 1.62 bits per heavy atom. The average Bonchev–Trinajstić information content (AvgIpc) is 2.98. The molecule has 0 unspecified atom stereocenters. The molecule has 2 aliphatic rings. The van der Waals surface area contributed by atoms with Gasteiger partial charge in [0.25, 0.3) is 5.91 Å². The molecule has 0 saturated heterocycles. The van der Waals surface area contributed by atoms with E-state index < -0.39 is 0 Å². The van der Waals surface area contributed by atoms with E-state index in [0.29, 0.717) is 16.8 Å². The summed E-state index contributed by atoms with van der Waals surface area (Å²) in [7, 11) is 0. The van der Waals surface area contributed by atoms with Crippen molar-refractivity contribution < 1.29 is 9.59 Å². The summed E-state index contributed by atoms with van der Waals surface area (Å²) in [5, 5.41) is 5.93. The Morgan fingerprint density at radius 3 is 2.43 bits per heavy atom. The van der Waals surface area contributed by atoms with E-state index in [2.05, 4.69) is 33.2 Å². The monoisotopic (exact) mass is 388 g/mol. The molecule has 2 aromatic rings. The minimum absolute atomic E-state index is 0.137. The summed E-state index contributed by atoms with van der Waals surface area (Å²) in [4.78, 5) is 24.8. The molecule has 4 nitrogen and oxygen atoms in total. The number of nitrogens with one attached hydrogen (secondary N) is 2. The molecule has 21 heavy (non-hydrogen) atoms. The van der Waals surface area contributed by atoms with Gasteiger partial charge >= 0.3 is 0 Å². The van der Waals surface area contributed by atoms with Crippen molar-refractivity contribution in [3.8, 4) is 0 Å². The van der Waals surface area contributed by atoms with Crippen LogP contribution in [-0.4, -0.2) is 11.7 Å². The number of hydrogen-bond donors (Lipinski definition) is 2. The largest absolute Gasteiger partial charge is 0.351 e. The number of amides is 1. The number of para-hydroxylation sites is 2. The lowest BCUT2D eigenvalue weighted by molar-refractivity contribution is -0.110. The molecule has 0 saturated carbocycles. The number of carbonyl (C=O) groups excluding carboxylic acids is 2. The van der Waals surface area contributed by atoms with Crippen LogP contribution in [0.1, 0.15) is 15.9 Å². The first-order valence-electron chi connectivity index (χ1n) is 6.42. The van der Waals surface area contributed by atoms with Crippen molar-refractivity contribution in [1.29, 1.82) is 0 Å². The molecule has 0 aromatic heterocycles. The number of anilines is 2. The SMILES string of the molecule is O=C1Nc2c(I)cccc2/C1=C1/Nc2ccccc2C1=O. The maximum absolute atomic E-state index is 12.5. The Labute approximate surface area is 134 Å². The summed E-state index contributed by atoms with van der Waals surface area (Å²) in [5.41, 5.74) is 3.68. The van der Waals surface area contributed by atoms with E-state index in [1.54, 1.807) is 6.07 Å². The van der Waals surface area contributed by atoms with Gasteiger partial charge in [-0.15, -0.1) is 0 Å². The van der Waals surface area contributed by atoms with Gasteiger partial charge < -0.3 is 10.6 Å². The van der Waals surface area contributed by atoms with Crippen LogP contribution in [0.5, 0.6) is 0 Å². The van der Waals surface area contributed by atoms with Crippen molar-refractivity contribution in [2.75, 3.05) is 10.6 Å². The quantitative estimate of drug-likeness (QED) is 0.538. The topological polar surface area (TPSA) is 58.2 Å². The van der Waals surface area contributed by atoms with Crippen LogP contribution < -0.4 is 10.6 Å². The van der Waals surface area contributed by atoms with E-state index in [4.69, 9.17) is 0 Å².